The van der Waals surface area contributed by atoms with Crippen molar-refractivity contribution in [2.45, 2.75) is 33.1 Å². The van der Waals surface area contributed by atoms with Crippen LogP contribution in [0.5, 0.6) is 11.5 Å². The van der Waals surface area contributed by atoms with E-state index in [1.165, 1.54) is 0 Å². The Hall–Kier alpha value is -1.75. The number of amides is 1. The first-order valence-electron chi connectivity index (χ1n) is 7.47. The normalized spacial score (nSPS) is 10.2. The van der Waals surface area contributed by atoms with E-state index >= 15 is 0 Å². The van der Waals surface area contributed by atoms with Crippen molar-refractivity contribution in [3.05, 3.63) is 23.8 Å². The lowest BCUT2D eigenvalue weighted by Crippen LogP contribution is -2.25. The average Bonchev–Trinajstić information content (AvgIpc) is 2.48. The molecule has 0 radical (unpaired) electrons. The highest BCUT2D eigenvalue weighted by molar-refractivity contribution is 5.75. The van der Waals surface area contributed by atoms with Crippen LogP contribution < -0.4 is 14.8 Å². The van der Waals surface area contributed by atoms with E-state index in [1.807, 2.05) is 32.0 Å². The zero-order valence-corrected chi connectivity index (χ0v) is 12.9. The van der Waals surface area contributed by atoms with E-state index in [4.69, 9.17) is 14.6 Å². The zero-order chi connectivity index (χ0) is 15.5. The molecule has 1 aromatic carbocycles. The Kier molecular flexibility index (Phi) is 8.28. The highest BCUT2D eigenvalue weighted by Crippen LogP contribution is 2.28. The first-order chi connectivity index (χ1) is 10.2. The lowest BCUT2D eigenvalue weighted by atomic mass is 10.1. The molecular weight excluding hydrogens is 270 g/mol. The minimum atomic E-state index is -0.0278. The fourth-order valence-corrected chi connectivity index (χ4v) is 1.93. The van der Waals surface area contributed by atoms with Crippen LogP contribution in [0.1, 0.15) is 32.3 Å². The minimum absolute atomic E-state index is 0.0278. The van der Waals surface area contributed by atoms with Gasteiger partial charge in [-0.2, -0.15) is 0 Å². The van der Waals surface area contributed by atoms with Gasteiger partial charge in [-0.3, -0.25) is 4.79 Å². The number of carbonyl (C=O) groups is 1. The quantitative estimate of drug-likeness (QED) is 0.692. The Morgan fingerprint density at radius 2 is 1.90 bits per heavy atom. The van der Waals surface area contributed by atoms with E-state index in [0.717, 1.165) is 23.5 Å². The van der Waals surface area contributed by atoms with Crippen molar-refractivity contribution in [1.29, 1.82) is 0 Å². The molecule has 0 atom stereocenters. The van der Waals surface area contributed by atoms with Crippen molar-refractivity contribution in [2.24, 2.45) is 0 Å². The van der Waals surface area contributed by atoms with Crippen LogP contribution in [0.4, 0.5) is 0 Å². The van der Waals surface area contributed by atoms with Crippen molar-refractivity contribution in [3.8, 4) is 11.5 Å². The summed E-state index contributed by atoms with van der Waals surface area (Å²) in [5, 5.41) is 11.5. The summed E-state index contributed by atoms with van der Waals surface area (Å²) in [5.41, 5.74) is 1.09. The second kappa shape index (κ2) is 10.0. The van der Waals surface area contributed by atoms with Crippen molar-refractivity contribution >= 4 is 5.91 Å². The molecule has 0 aliphatic rings. The number of ether oxygens (including phenoxy) is 2. The predicted molar refractivity (Wildman–Crippen MR) is 81.8 cm³/mol. The lowest BCUT2D eigenvalue weighted by Gasteiger charge is -2.12. The van der Waals surface area contributed by atoms with Gasteiger partial charge < -0.3 is 19.9 Å². The maximum absolute atomic E-state index is 11.4. The van der Waals surface area contributed by atoms with Crippen molar-refractivity contribution in [2.75, 3.05) is 26.4 Å². The smallest absolute Gasteiger partial charge is 0.220 e. The van der Waals surface area contributed by atoms with Crippen molar-refractivity contribution < 1.29 is 19.4 Å². The van der Waals surface area contributed by atoms with Crippen LogP contribution in [0.25, 0.3) is 0 Å². The van der Waals surface area contributed by atoms with Crippen molar-refractivity contribution in [1.82, 2.24) is 5.32 Å². The second-order valence-electron chi connectivity index (χ2n) is 4.57. The van der Waals surface area contributed by atoms with Gasteiger partial charge in [0.1, 0.15) is 0 Å². The van der Waals surface area contributed by atoms with Crippen molar-refractivity contribution in [3.63, 3.8) is 0 Å². The standard InChI is InChI=1S/C16H25NO4/c1-3-20-14-8-7-13(12-15(14)21-4-2)9-10-17-16(19)6-5-11-18/h7-8,12,18H,3-6,9-11H2,1-2H3,(H,17,19). The van der Waals surface area contributed by atoms with Crippen LogP contribution in [0.2, 0.25) is 0 Å². The number of carbonyl (C=O) groups excluding carboxylic acids is 1. The summed E-state index contributed by atoms with van der Waals surface area (Å²) in [6.45, 7) is 5.67. The number of rotatable bonds is 10. The molecule has 0 fully saturated rings. The van der Waals surface area contributed by atoms with E-state index in [0.29, 0.717) is 32.6 Å². The number of aliphatic hydroxyl groups is 1. The fourth-order valence-electron chi connectivity index (χ4n) is 1.93. The topological polar surface area (TPSA) is 67.8 Å². The molecule has 0 aliphatic heterocycles. The zero-order valence-electron chi connectivity index (χ0n) is 12.9. The lowest BCUT2D eigenvalue weighted by molar-refractivity contribution is -0.121. The molecule has 0 saturated carbocycles. The SMILES string of the molecule is CCOc1ccc(CCNC(=O)CCCO)cc1OCC. The number of hydrogen-bond donors (Lipinski definition) is 2. The molecule has 1 aromatic rings. The maximum atomic E-state index is 11.4. The average molecular weight is 295 g/mol. The molecule has 5 nitrogen and oxygen atoms in total. The molecule has 0 spiro atoms. The molecule has 0 heterocycles. The Morgan fingerprint density at radius 3 is 2.57 bits per heavy atom. The largest absolute Gasteiger partial charge is 0.490 e. The number of nitrogens with one attached hydrogen (secondary N) is 1. The van der Waals surface area contributed by atoms with Crippen LogP contribution in [0, 0.1) is 0 Å². The summed E-state index contributed by atoms with van der Waals surface area (Å²) in [4.78, 5) is 11.4. The third-order valence-electron chi connectivity index (χ3n) is 2.91. The van der Waals surface area contributed by atoms with Gasteiger partial charge in [-0.15, -0.1) is 0 Å². The highest BCUT2D eigenvalue weighted by atomic mass is 16.5. The highest BCUT2D eigenvalue weighted by Gasteiger charge is 2.06. The molecule has 0 unspecified atom stereocenters. The number of aliphatic hydroxyl groups excluding tert-OH is 1. The van der Waals surface area contributed by atoms with Gasteiger partial charge in [0.25, 0.3) is 0 Å². The predicted octanol–water partition coefficient (Wildman–Crippen LogP) is 1.92. The van der Waals surface area contributed by atoms with E-state index in [9.17, 15) is 4.79 Å². The first kappa shape index (κ1) is 17.3. The molecule has 2 N–H and O–H groups in total. The van der Waals surface area contributed by atoms with Gasteiger partial charge in [0, 0.05) is 19.6 Å². The Balaban J connectivity index is 2.51. The van der Waals surface area contributed by atoms with Crippen LogP contribution in [-0.4, -0.2) is 37.4 Å². The van der Waals surface area contributed by atoms with Crippen LogP contribution in [-0.2, 0) is 11.2 Å². The minimum Gasteiger partial charge on any atom is -0.490 e. The van der Waals surface area contributed by atoms with Gasteiger partial charge in [0.05, 0.1) is 13.2 Å². The molecule has 5 heteroatoms. The number of hydrogen-bond acceptors (Lipinski definition) is 4. The Labute approximate surface area is 126 Å². The van der Waals surface area contributed by atoms with Gasteiger partial charge in [-0.05, 0) is 44.4 Å². The van der Waals surface area contributed by atoms with E-state index in [1.54, 1.807) is 0 Å². The van der Waals surface area contributed by atoms with Gasteiger partial charge in [0.2, 0.25) is 5.91 Å². The van der Waals surface area contributed by atoms with Crippen LogP contribution in [0.15, 0.2) is 18.2 Å². The van der Waals surface area contributed by atoms with E-state index in [-0.39, 0.29) is 12.5 Å². The number of benzene rings is 1. The maximum Gasteiger partial charge on any atom is 0.220 e. The monoisotopic (exact) mass is 295 g/mol. The van der Waals surface area contributed by atoms with Gasteiger partial charge in [0.15, 0.2) is 11.5 Å². The van der Waals surface area contributed by atoms with Gasteiger partial charge in [-0.25, -0.2) is 0 Å². The van der Waals surface area contributed by atoms with Crippen LogP contribution in [0.3, 0.4) is 0 Å². The van der Waals surface area contributed by atoms with Crippen LogP contribution >= 0.6 is 0 Å². The molecule has 0 bridgehead atoms. The molecule has 1 amide bonds. The van der Waals surface area contributed by atoms with E-state index < -0.39 is 0 Å². The first-order valence-corrected chi connectivity index (χ1v) is 7.47. The second-order valence-corrected chi connectivity index (χ2v) is 4.57. The molecule has 118 valence electrons. The molecule has 1 rings (SSSR count). The summed E-state index contributed by atoms with van der Waals surface area (Å²) in [7, 11) is 0. The third-order valence-corrected chi connectivity index (χ3v) is 2.91. The Morgan fingerprint density at radius 1 is 1.19 bits per heavy atom. The molecule has 0 aliphatic carbocycles. The molecule has 21 heavy (non-hydrogen) atoms. The van der Waals surface area contributed by atoms with Gasteiger partial charge in [-0.1, -0.05) is 6.07 Å². The third kappa shape index (κ3) is 6.49. The van der Waals surface area contributed by atoms with Gasteiger partial charge >= 0.3 is 0 Å². The summed E-state index contributed by atoms with van der Waals surface area (Å²) >= 11 is 0. The van der Waals surface area contributed by atoms with E-state index in [2.05, 4.69) is 5.32 Å². The summed E-state index contributed by atoms with van der Waals surface area (Å²) in [6.07, 6.45) is 1.60. The molecule has 0 aromatic heterocycles. The summed E-state index contributed by atoms with van der Waals surface area (Å²) in [6, 6.07) is 5.83. The molecule has 0 saturated heterocycles. The molecular formula is C16H25NO4. The summed E-state index contributed by atoms with van der Waals surface area (Å²) < 4.78 is 11.1. The fraction of sp³-hybridized carbons (Fsp3) is 0.562. The summed E-state index contributed by atoms with van der Waals surface area (Å²) in [5.74, 6) is 1.46. The Bertz CT molecular complexity index is 434.